The van der Waals surface area contributed by atoms with Crippen LogP contribution in [-0.2, 0) is 26.1 Å². The van der Waals surface area contributed by atoms with Gasteiger partial charge in [0.05, 0.1) is 6.61 Å². The van der Waals surface area contributed by atoms with Gasteiger partial charge in [0.15, 0.2) is 0 Å². The van der Waals surface area contributed by atoms with Crippen molar-refractivity contribution in [3.8, 4) is 0 Å². The van der Waals surface area contributed by atoms with Crippen molar-refractivity contribution in [1.82, 2.24) is 8.87 Å². The van der Waals surface area contributed by atoms with E-state index in [1.54, 1.807) is 20.8 Å². The van der Waals surface area contributed by atoms with Crippen molar-refractivity contribution < 1.29 is 22.7 Å². The van der Waals surface area contributed by atoms with Crippen molar-refractivity contribution in [2.24, 2.45) is 5.92 Å². The fourth-order valence-electron chi connectivity index (χ4n) is 4.52. The SMILES string of the molecule is CCOC(=O)c1c(S(=O)(=O)N2CCC(C(=O)Nc3ccccc3C)CC2)c(C)n(CC)c1C. The molecule has 0 spiro atoms. The number of ether oxygens (including phenoxy) is 1. The highest BCUT2D eigenvalue weighted by atomic mass is 32.2. The van der Waals surface area contributed by atoms with Gasteiger partial charge in [0.1, 0.15) is 10.5 Å². The van der Waals surface area contributed by atoms with Gasteiger partial charge in [0.25, 0.3) is 0 Å². The molecule has 1 amide bonds. The molecule has 8 nitrogen and oxygen atoms in total. The Labute approximate surface area is 196 Å². The normalized spacial score (nSPS) is 15.4. The summed E-state index contributed by atoms with van der Waals surface area (Å²) < 4.78 is 35.6. The number of anilines is 1. The topological polar surface area (TPSA) is 97.7 Å². The highest BCUT2D eigenvalue weighted by molar-refractivity contribution is 7.89. The summed E-state index contributed by atoms with van der Waals surface area (Å²) in [5, 5.41) is 2.96. The molecule has 2 aromatic rings. The number of esters is 1. The lowest BCUT2D eigenvalue weighted by atomic mass is 9.97. The highest BCUT2D eigenvalue weighted by Gasteiger charge is 2.38. The van der Waals surface area contributed by atoms with E-state index in [0.29, 0.717) is 30.8 Å². The molecule has 33 heavy (non-hydrogen) atoms. The molecule has 0 aliphatic carbocycles. The number of carbonyl (C=O) groups is 2. The molecule has 0 atom stereocenters. The van der Waals surface area contributed by atoms with Gasteiger partial charge in [-0.1, -0.05) is 18.2 Å². The van der Waals surface area contributed by atoms with Gasteiger partial charge in [-0.05, 0) is 59.1 Å². The third-order valence-electron chi connectivity index (χ3n) is 6.35. The van der Waals surface area contributed by atoms with Crippen LogP contribution in [-0.4, -0.2) is 48.9 Å². The standard InChI is InChI=1S/C24H33N3O5S/c1-6-27-17(4)21(24(29)32-7-2)22(18(27)5)33(30,31)26-14-12-19(13-15-26)23(28)25-20-11-9-8-10-16(20)3/h8-11,19H,6-7,12-15H2,1-5H3,(H,25,28). The summed E-state index contributed by atoms with van der Waals surface area (Å²) in [4.78, 5) is 25.4. The van der Waals surface area contributed by atoms with Gasteiger partial charge < -0.3 is 14.6 Å². The van der Waals surface area contributed by atoms with E-state index >= 15 is 0 Å². The summed E-state index contributed by atoms with van der Waals surface area (Å²) in [5.41, 5.74) is 2.96. The van der Waals surface area contributed by atoms with Crippen LogP contribution in [0.2, 0.25) is 0 Å². The minimum absolute atomic E-state index is 0.0168. The third-order valence-corrected chi connectivity index (χ3v) is 8.41. The number of sulfonamides is 1. The molecule has 9 heteroatoms. The van der Waals surface area contributed by atoms with Crippen LogP contribution in [0.1, 0.15) is 54.0 Å². The average Bonchev–Trinajstić information content (AvgIpc) is 3.05. The van der Waals surface area contributed by atoms with Crippen molar-refractivity contribution in [3.05, 3.63) is 46.8 Å². The van der Waals surface area contributed by atoms with Gasteiger partial charge in [-0.25, -0.2) is 13.2 Å². The van der Waals surface area contributed by atoms with Gasteiger partial charge in [-0.15, -0.1) is 0 Å². The van der Waals surface area contributed by atoms with Crippen LogP contribution in [0.15, 0.2) is 29.2 Å². The second kappa shape index (κ2) is 10.1. The zero-order valence-electron chi connectivity index (χ0n) is 20.0. The zero-order chi connectivity index (χ0) is 24.3. The van der Waals surface area contributed by atoms with Crippen LogP contribution in [0.5, 0.6) is 0 Å². The van der Waals surface area contributed by atoms with E-state index in [4.69, 9.17) is 4.74 Å². The zero-order valence-corrected chi connectivity index (χ0v) is 20.8. The lowest BCUT2D eigenvalue weighted by Gasteiger charge is -2.31. The Hall–Kier alpha value is -2.65. The Bertz CT molecular complexity index is 1150. The van der Waals surface area contributed by atoms with Crippen molar-refractivity contribution in [1.29, 1.82) is 0 Å². The van der Waals surface area contributed by atoms with Crippen molar-refractivity contribution in [2.45, 2.75) is 58.9 Å². The Kier molecular flexibility index (Phi) is 7.64. The number of carbonyl (C=O) groups excluding carboxylic acids is 2. The molecule has 1 aromatic heterocycles. The first-order chi connectivity index (χ1) is 15.6. The van der Waals surface area contributed by atoms with Crippen molar-refractivity contribution in [2.75, 3.05) is 25.0 Å². The number of aryl methyl sites for hydroxylation is 1. The van der Waals surface area contributed by atoms with E-state index in [1.165, 1.54) is 4.31 Å². The summed E-state index contributed by atoms with van der Waals surface area (Å²) in [5.74, 6) is -1.00. The van der Waals surface area contributed by atoms with Crippen LogP contribution in [0.3, 0.4) is 0 Å². The molecule has 1 N–H and O–H groups in total. The lowest BCUT2D eigenvalue weighted by molar-refractivity contribution is -0.120. The summed E-state index contributed by atoms with van der Waals surface area (Å²) >= 11 is 0. The second-order valence-electron chi connectivity index (χ2n) is 8.32. The first kappa shape index (κ1) is 25.0. The number of piperidine rings is 1. The number of benzene rings is 1. The average molecular weight is 476 g/mol. The number of hydrogen-bond acceptors (Lipinski definition) is 5. The number of hydrogen-bond donors (Lipinski definition) is 1. The third kappa shape index (κ3) is 4.84. The molecule has 0 radical (unpaired) electrons. The molecule has 1 aromatic carbocycles. The van der Waals surface area contributed by atoms with Crippen LogP contribution >= 0.6 is 0 Å². The fraction of sp³-hybridized carbons (Fsp3) is 0.500. The van der Waals surface area contributed by atoms with Gasteiger partial charge >= 0.3 is 5.97 Å². The molecule has 1 aliphatic heterocycles. The van der Waals surface area contributed by atoms with Crippen LogP contribution in [0.25, 0.3) is 0 Å². The Balaban J connectivity index is 1.81. The van der Waals surface area contributed by atoms with Crippen LogP contribution in [0, 0.1) is 26.7 Å². The predicted molar refractivity (Wildman–Crippen MR) is 127 cm³/mol. The first-order valence-electron chi connectivity index (χ1n) is 11.4. The molecular formula is C24H33N3O5S. The number of amides is 1. The van der Waals surface area contributed by atoms with E-state index in [0.717, 1.165) is 11.3 Å². The van der Waals surface area contributed by atoms with Gasteiger partial charge in [-0.2, -0.15) is 4.31 Å². The Morgan fingerprint density at radius 2 is 1.70 bits per heavy atom. The Morgan fingerprint density at radius 3 is 2.27 bits per heavy atom. The molecule has 0 saturated carbocycles. The number of aromatic nitrogens is 1. The fourth-order valence-corrected chi connectivity index (χ4v) is 6.45. The van der Waals surface area contributed by atoms with E-state index < -0.39 is 16.0 Å². The van der Waals surface area contributed by atoms with Crippen LogP contribution in [0.4, 0.5) is 5.69 Å². The Morgan fingerprint density at radius 1 is 1.06 bits per heavy atom. The summed E-state index contributed by atoms with van der Waals surface area (Å²) in [6.07, 6.45) is 0.830. The first-order valence-corrected chi connectivity index (χ1v) is 12.8. The maximum atomic E-state index is 13.6. The lowest BCUT2D eigenvalue weighted by Crippen LogP contribution is -2.42. The predicted octanol–water partition coefficient (Wildman–Crippen LogP) is 3.65. The van der Waals surface area contributed by atoms with E-state index in [9.17, 15) is 18.0 Å². The second-order valence-corrected chi connectivity index (χ2v) is 10.2. The van der Waals surface area contributed by atoms with Gasteiger partial charge in [-0.3, -0.25) is 4.79 Å². The summed E-state index contributed by atoms with van der Waals surface area (Å²) in [6.45, 7) is 10.1. The number of nitrogens with one attached hydrogen (secondary N) is 1. The smallest absolute Gasteiger partial charge is 0.341 e. The minimum Gasteiger partial charge on any atom is -0.462 e. The van der Waals surface area contributed by atoms with Gasteiger partial charge in [0, 0.05) is 42.6 Å². The largest absolute Gasteiger partial charge is 0.462 e. The van der Waals surface area contributed by atoms with Gasteiger partial charge in [0.2, 0.25) is 15.9 Å². The monoisotopic (exact) mass is 475 g/mol. The maximum absolute atomic E-state index is 13.6. The van der Waals surface area contributed by atoms with E-state index in [1.807, 2.05) is 42.7 Å². The van der Waals surface area contributed by atoms with E-state index in [2.05, 4.69) is 5.32 Å². The maximum Gasteiger partial charge on any atom is 0.341 e. The molecule has 0 unspecified atom stereocenters. The molecule has 3 rings (SSSR count). The molecule has 2 heterocycles. The van der Waals surface area contributed by atoms with Crippen LogP contribution < -0.4 is 5.32 Å². The molecule has 1 aliphatic rings. The minimum atomic E-state index is -3.93. The quantitative estimate of drug-likeness (QED) is 0.617. The summed E-state index contributed by atoms with van der Waals surface area (Å²) in [7, 11) is -3.93. The van der Waals surface area contributed by atoms with E-state index in [-0.39, 0.29) is 42.0 Å². The molecule has 180 valence electrons. The highest BCUT2D eigenvalue weighted by Crippen LogP contribution is 2.32. The molecular weight excluding hydrogens is 442 g/mol. The van der Waals surface area contributed by atoms with Crippen molar-refractivity contribution in [3.63, 3.8) is 0 Å². The molecule has 0 bridgehead atoms. The number of nitrogens with zero attached hydrogens (tertiary/aromatic N) is 2. The van der Waals surface area contributed by atoms with Crippen molar-refractivity contribution >= 4 is 27.6 Å². The molecule has 1 fully saturated rings. The summed E-state index contributed by atoms with van der Waals surface area (Å²) in [6, 6.07) is 7.56. The molecule has 1 saturated heterocycles. The number of rotatable bonds is 7. The number of para-hydroxylation sites is 1.